The zero-order chi connectivity index (χ0) is 24.4. The summed E-state index contributed by atoms with van der Waals surface area (Å²) >= 11 is 0. The molecule has 0 radical (unpaired) electrons. The van der Waals surface area contributed by atoms with Gasteiger partial charge < -0.3 is 23.9 Å². The van der Waals surface area contributed by atoms with Gasteiger partial charge in [-0.3, -0.25) is 9.69 Å². The van der Waals surface area contributed by atoms with Gasteiger partial charge in [0.2, 0.25) is 11.7 Å². The van der Waals surface area contributed by atoms with E-state index in [4.69, 9.17) is 18.6 Å². The Morgan fingerprint density at radius 2 is 1.79 bits per heavy atom. The average Bonchev–Trinajstić information content (AvgIpc) is 3.17. The largest absolute Gasteiger partial charge is 0.493 e. The SMILES string of the molecule is CCN(CC)Cc1cc2cc3c(cc2o1)[C@@H](NC(C)=O)CCc1cc(OC)c(OC)c(OC)c1-3. The smallest absolute Gasteiger partial charge is 0.217 e. The molecule has 3 aromatic rings. The van der Waals surface area contributed by atoms with E-state index in [-0.39, 0.29) is 11.9 Å². The van der Waals surface area contributed by atoms with Crippen LogP contribution in [0.3, 0.4) is 0 Å². The van der Waals surface area contributed by atoms with E-state index in [1.165, 1.54) is 0 Å². The molecule has 1 N–H and O–H groups in total. The minimum Gasteiger partial charge on any atom is -0.493 e. The van der Waals surface area contributed by atoms with Crippen molar-refractivity contribution >= 4 is 16.9 Å². The molecule has 1 aliphatic rings. The van der Waals surface area contributed by atoms with Crippen LogP contribution in [0.5, 0.6) is 17.2 Å². The maximum absolute atomic E-state index is 12.1. The van der Waals surface area contributed by atoms with Crippen LogP contribution in [0.2, 0.25) is 0 Å². The van der Waals surface area contributed by atoms with Crippen LogP contribution in [0.4, 0.5) is 0 Å². The van der Waals surface area contributed by atoms with Crippen LogP contribution in [0.15, 0.2) is 28.7 Å². The number of furan rings is 1. The summed E-state index contributed by atoms with van der Waals surface area (Å²) in [6.07, 6.45) is 1.50. The Morgan fingerprint density at radius 3 is 2.41 bits per heavy atom. The van der Waals surface area contributed by atoms with Gasteiger partial charge in [0.25, 0.3) is 0 Å². The van der Waals surface area contributed by atoms with Crippen molar-refractivity contribution in [2.24, 2.45) is 0 Å². The highest BCUT2D eigenvalue weighted by molar-refractivity contribution is 5.91. The minimum absolute atomic E-state index is 0.0641. The highest BCUT2D eigenvalue weighted by atomic mass is 16.5. The molecule has 1 atom stereocenters. The second-order valence-corrected chi connectivity index (χ2v) is 8.62. The van der Waals surface area contributed by atoms with E-state index in [1.54, 1.807) is 28.3 Å². The van der Waals surface area contributed by atoms with Crippen molar-refractivity contribution in [3.63, 3.8) is 0 Å². The van der Waals surface area contributed by atoms with Gasteiger partial charge in [-0.2, -0.15) is 0 Å². The molecule has 0 unspecified atom stereocenters. The Hall–Kier alpha value is -3.19. The molecule has 1 aromatic heterocycles. The summed E-state index contributed by atoms with van der Waals surface area (Å²) in [5.74, 6) is 2.68. The van der Waals surface area contributed by atoms with E-state index in [1.807, 2.05) is 6.07 Å². The Labute approximate surface area is 201 Å². The van der Waals surface area contributed by atoms with Crippen molar-refractivity contribution in [2.75, 3.05) is 34.4 Å². The monoisotopic (exact) mass is 466 g/mol. The van der Waals surface area contributed by atoms with Crippen LogP contribution in [0, 0.1) is 0 Å². The molecule has 2 aromatic carbocycles. The first-order valence-corrected chi connectivity index (χ1v) is 11.8. The van der Waals surface area contributed by atoms with Crippen LogP contribution in [-0.2, 0) is 17.8 Å². The molecule has 0 spiro atoms. The summed E-state index contributed by atoms with van der Waals surface area (Å²) in [6.45, 7) is 8.53. The van der Waals surface area contributed by atoms with E-state index in [0.29, 0.717) is 17.2 Å². The zero-order valence-corrected chi connectivity index (χ0v) is 20.9. The van der Waals surface area contributed by atoms with Crippen LogP contribution in [0.25, 0.3) is 22.1 Å². The number of carbonyl (C=O) groups excluding carboxylic acids is 1. The maximum Gasteiger partial charge on any atom is 0.217 e. The van der Waals surface area contributed by atoms with Crippen LogP contribution < -0.4 is 19.5 Å². The molecule has 0 fully saturated rings. The molecular formula is C27H34N2O5. The lowest BCUT2D eigenvalue weighted by molar-refractivity contribution is -0.119. The average molecular weight is 467 g/mol. The van der Waals surface area contributed by atoms with Gasteiger partial charge in [0.1, 0.15) is 11.3 Å². The quantitative estimate of drug-likeness (QED) is 0.499. The predicted octanol–water partition coefficient (Wildman–Crippen LogP) is 5.09. The molecule has 34 heavy (non-hydrogen) atoms. The number of ether oxygens (including phenoxy) is 3. The number of hydrogen-bond donors (Lipinski definition) is 1. The van der Waals surface area contributed by atoms with Crippen LogP contribution >= 0.6 is 0 Å². The Balaban J connectivity index is 1.96. The number of aryl methyl sites for hydroxylation is 1. The summed E-state index contributed by atoms with van der Waals surface area (Å²) in [5.41, 5.74) is 4.90. The fourth-order valence-corrected chi connectivity index (χ4v) is 4.96. The van der Waals surface area contributed by atoms with Crippen molar-refractivity contribution in [1.29, 1.82) is 0 Å². The molecule has 7 nitrogen and oxygen atoms in total. The van der Waals surface area contributed by atoms with Gasteiger partial charge in [-0.15, -0.1) is 0 Å². The fraction of sp³-hybridized carbons (Fsp3) is 0.444. The van der Waals surface area contributed by atoms with E-state index >= 15 is 0 Å². The molecule has 0 saturated heterocycles. The predicted molar refractivity (Wildman–Crippen MR) is 133 cm³/mol. The number of amides is 1. The molecule has 1 heterocycles. The summed E-state index contributed by atoms with van der Waals surface area (Å²) in [5, 5.41) is 4.16. The van der Waals surface area contributed by atoms with Crippen LogP contribution in [-0.4, -0.2) is 45.2 Å². The van der Waals surface area contributed by atoms with Gasteiger partial charge in [-0.1, -0.05) is 13.8 Å². The zero-order valence-electron chi connectivity index (χ0n) is 20.9. The number of methoxy groups -OCH3 is 3. The number of nitrogens with zero attached hydrogens (tertiary/aromatic N) is 1. The Morgan fingerprint density at radius 1 is 1.06 bits per heavy atom. The third-order valence-electron chi connectivity index (χ3n) is 6.65. The van der Waals surface area contributed by atoms with Crippen molar-refractivity contribution in [2.45, 2.75) is 46.2 Å². The second kappa shape index (κ2) is 9.97. The minimum atomic E-state index is -0.151. The van der Waals surface area contributed by atoms with E-state index < -0.39 is 0 Å². The highest BCUT2D eigenvalue weighted by Crippen LogP contribution is 2.51. The molecule has 4 rings (SSSR count). The Bertz CT molecular complexity index is 1200. The standard InChI is InChI=1S/C27H34N2O5/c1-7-29(8-2)15-19-11-18-12-21-20(14-23(18)34-19)22(28-16(3)30)10-9-17-13-24(31-4)26(32-5)27(33-6)25(17)21/h11-14,22H,7-10,15H2,1-6H3,(H,28,30)/t22-/m0/s1. The lowest BCUT2D eigenvalue weighted by Crippen LogP contribution is -2.26. The number of benzene rings is 2. The lowest BCUT2D eigenvalue weighted by atomic mass is 9.92. The molecular weight excluding hydrogens is 432 g/mol. The highest BCUT2D eigenvalue weighted by Gasteiger charge is 2.30. The van der Waals surface area contributed by atoms with Gasteiger partial charge >= 0.3 is 0 Å². The normalized spacial score (nSPS) is 15.0. The third-order valence-corrected chi connectivity index (χ3v) is 6.65. The summed E-state index contributed by atoms with van der Waals surface area (Å²) in [7, 11) is 4.89. The van der Waals surface area contributed by atoms with E-state index in [9.17, 15) is 4.79 Å². The molecule has 1 amide bonds. The Kier molecular flexibility index (Phi) is 7.03. The van der Waals surface area contributed by atoms with Gasteiger partial charge in [-0.25, -0.2) is 0 Å². The summed E-state index contributed by atoms with van der Waals surface area (Å²) in [6, 6.07) is 8.19. The van der Waals surface area contributed by atoms with Gasteiger partial charge in [-0.05, 0) is 66.9 Å². The number of fused-ring (bicyclic) bond motifs is 4. The number of hydrogen-bond acceptors (Lipinski definition) is 6. The van der Waals surface area contributed by atoms with Crippen molar-refractivity contribution in [3.8, 4) is 28.4 Å². The topological polar surface area (TPSA) is 73.2 Å². The van der Waals surface area contributed by atoms with Crippen molar-refractivity contribution in [3.05, 3.63) is 41.2 Å². The van der Waals surface area contributed by atoms with Gasteiger partial charge in [0.05, 0.1) is 33.9 Å². The third kappa shape index (κ3) is 4.32. The van der Waals surface area contributed by atoms with Crippen molar-refractivity contribution in [1.82, 2.24) is 10.2 Å². The lowest BCUT2D eigenvalue weighted by Gasteiger charge is -2.21. The first-order chi connectivity index (χ1) is 16.4. The van der Waals surface area contributed by atoms with Crippen molar-refractivity contribution < 1.29 is 23.4 Å². The molecule has 7 heteroatoms. The maximum atomic E-state index is 12.1. The molecule has 0 saturated carbocycles. The molecule has 0 bridgehead atoms. The summed E-state index contributed by atoms with van der Waals surface area (Å²) < 4.78 is 23.4. The number of carbonyl (C=O) groups is 1. The van der Waals surface area contributed by atoms with Gasteiger partial charge in [0, 0.05) is 17.9 Å². The van der Waals surface area contributed by atoms with E-state index in [2.05, 4.69) is 42.3 Å². The van der Waals surface area contributed by atoms with Crippen LogP contribution in [0.1, 0.15) is 50.1 Å². The first-order valence-electron chi connectivity index (χ1n) is 11.8. The number of rotatable bonds is 8. The molecule has 0 aliphatic heterocycles. The van der Waals surface area contributed by atoms with E-state index in [0.717, 1.165) is 71.5 Å². The summed E-state index contributed by atoms with van der Waals surface area (Å²) in [4.78, 5) is 14.4. The second-order valence-electron chi connectivity index (χ2n) is 8.62. The first kappa shape index (κ1) is 24.0. The van der Waals surface area contributed by atoms with Gasteiger partial charge in [0.15, 0.2) is 11.5 Å². The molecule has 182 valence electrons. The molecule has 1 aliphatic carbocycles. The number of nitrogens with one attached hydrogen (secondary N) is 1. The fourth-order valence-electron chi connectivity index (χ4n) is 4.96.